The van der Waals surface area contributed by atoms with Crippen LogP contribution in [0.25, 0.3) is 0 Å². The average Bonchev–Trinajstić information content (AvgIpc) is 2.33. The number of rotatable bonds is 3. The lowest BCUT2D eigenvalue weighted by Crippen LogP contribution is -2.05. The molecule has 1 N–H and O–H groups in total. The van der Waals surface area contributed by atoms with E-state index in [0.717, 1.165) is 21.2 Å². The summed E-state index contributed by atoms with van der Waals surface area (Å²) >= 11 is 3.46. The lowest BCUT2D eigenvalue weighted by atomic mass is 9.94. The third kappa shape index (κ3) is 3.46. The Labute approximate surface area is 123 Å². The van der Waals surface area contributed by atoms with Crippen molar-refractivity contribution < 1.29 is 5.11 Å². The van der Waals surface area contributed by atoms with Crippen LogP contribution in [0.2, 0.25) is 0 Å². The Balaban J connectivity index is 2.25. The van der Waals surface area contributed by atoms with Gasteiger partial charge in [-0.2, -0.15) is 0 Å². The summed E-state index contributed by atoms with van der Waals surface area (Å²) in [5.74, 6) is 0. The Morgan fingerprint density at radius 1 is 1.00 bits per heavy atom. The molecular formula is C17H19BrO. The molecule has 0 aliphatic rings. The minimum Gasteiger partial charge on any atom is -0.388 e. The van der Waals surface area contributed by atoms with Crippen molar-refractivity contribution >= 4 is 15.9 Å². The molecule has 100 valence electrons. The third-order valence-corrected chi connectivity index (χ3v) is 4.05. The largest absolute Gasteiger partial charge is 0.388 e. The zero-order chi connectivity index (χ0) is 14.0. The van der Waals surface area contributed by atoms with Gasteiger partial charge in [-0.1, -0.05) is 40.2 Å². The van der Waals surface area contributed by atoms with Gasteiger partial charge in [-0.05, 0) is 60.7 Å². The molecule has 0 aliphatic heterocycles. The highest BCUT2D eigenvalue weighted by atomic mass is 79.9. The molecule has 0 amide bonds. The van der Waals surface area contributed by atoms with E-state index in [1.807, 2.05) is 18.2 Å². The van der Waals surface area contributed by atoms with Gasteiger partial charge in [0.25, 0.3) is 0 Å². The quantitative estimate of drug-likeness (QED) is 0.873. The molecule has 0 aromatic heterocycles. The van der Waals surface area contributed by atoms with Crippen molar-refractivity contribution in [2.45, 2.75) is 33.3 Å². The van der Waals surface area contributed by atoms with Crippen LogP contribution in [-0.2, 0) is 6.42 Å². The maximum absolute atomic E-state index is 10.4. The topological polar surface area (TPSA) is 20.2 Å². The predicted octanol–water partition coefficient (Wildman–Crippen LogP) is 4.65. The van der Waals surface area contributed by atoms with E-state index in [1.54, 1.807) is 0 Å². The number of halogens is 1. The van der Waals surface area contributed by atoms with E-state index in [1.165, 1.54) is 11.1 Å². The standard InChI is InChI=1S/C17H19BrO/c1-11-7-13(3)16(8-12(11)2)17(19)10-14-5-4-6-15(18)9-14/h4-9,17,19H,10H2,1-3H3. The molecule has 0 spiro atoms. The van der Waals surface area contributed by atoms with Crippen molar-refractivity contribution in [3.63, 3.8) is 0 Å². The van der Waals surface area contributed by atoms with E-state index in [0.29, 0.717) is 6.42 Å². The van der Waals surface area contributed by atoms with Crippen LogP contribution in [0.4, 0.5) is 0 Å². The van der Waals surface area contributed by atoms with Gasteiger partial charge in [0.2, 0.25) is 0 Å². The van der Waals surface area contributed by atoms with Crippen LogP contribution in [0.1, 0.15) is 33.9 Å². The van der Waals surface area contributed by atoms with Gasteiger partial charge in [0.1, 0.15) is 0 Å². The summed E-state index contributed by atoms with van der Waals surface area (Å²) in [7, 11) is 0. The van der Waals surface area contributed by atoms with Gasteiger partial charge in [-0.3, -0.25) is 0 Å². The molecule has 0 fully saturated rings. The number of benzene rings is 2. The second kappa shape index (κ2) is 5.89. The Kier molecular flexibility index (Phi) is 4.43. The molecule has 2 aromatic rings. The van der Waals surface area contributed by atoms with E-state index < -0.39 is 6.10 Å². The van der Waals surface area contributed by atoms with Gasteiger partial charge in [-0.25, -0.2) is 0 Å². The predicted molar refractivity (Wildman–Crippen MR) is 83.5 cm³/mol. The minimum atomic E-state index is -0.450. The van der Waals surface area contributed by atoms with Crippen LogP contribution in [0.3, 0.4) is 0 Å². The molecular weight excluding hydrogens is 300 g/mol. The van der Waals surface area contributed by atoms with E-state index in [9.17, 15) is 5.11 Å². The SMILES string of the molecule is Cc1cc(C)c(C(O)Cc2cccc(Br)c2)cc1C. The maximum Gasteiger partial charge on any atom is 0.0833 e. The Morgan fingerprint density at radius 3 is 2.37 bits per heavy atom. The molecule has 0 aliphatic carbocycles. The van der Waals surface area contributed by atoms with Crippen LogP contribution in [-0.4, -0.2) is 5.11 Å². The number of hydrogen-bond acceptors (Lipinski definition) is 1. The van der Waals surface area contributed by atoms with Crippen molar-refractivity contribution in [2.24, 2.45) is 0 Å². The highest BCUT2D eigenvalue weighted by molar-refractivity contribution is 9.10. The van der Waals surface area contributed by atoms with Gasteiger partial charge >= 0.3 is 0 Å². The summed E-state index contributed by atoms with van der Waals surface area (Å²) in [6.45, 7) is 6.25. The monoisotopic (exact) mass is 318 g/mol. The highest BCUT2D eigenvalue weighted by Gasteiger charge is 2.12. The molecule has 1 unspecified atom stereocenters. The maximum atomic E-state index is 10.4. The first kappa shape index (κ1) is 14.3. The fourth-order valence-electron chi connectivity index (χ4n) is 2.34. The first-order chi connectivity index (χ1) is 8.97. The molecule has 1 atom stereocenters. The molecule has 0 saturated heterocycles. The van der Waals surface area contributed by atoms with Crippen LogP contribution >= 0.6 is 15.9 Å². The zero-order valence-electron chi connectivity index (χ0n) is 11.6. The van der Waals surface area contributed by atoms with Crippen LogP contribution in [0, 0.1) is 20.8 Å². The summed E-state index contributed by atoms with van der Waals surface area (Å²) in [6.07, 6.45) is 0.191. The van der Waals surface area contributed by atoms with Gasteiger partial charge in [0, 0.05) is 10.9 Å². The van der Waals surface area contributed by atoms with E-state index in [2.05, 4.69) is 54.9 Å². The molecule has 2 aromatic carbocycles. The van der Waals surface area contributed by atoms with Gasteiger partial charge in [-0.15, -0.1) is 0 Å². The highest BCUT2D eigenvalue weighted by Crippen LogP contribution is 2.25. The summed E-state index contributed by atoms with van der Waals surface area (Å²) in [4.78, 5) is 0. The fourth-order valence-corrected chi connectivity index (χ4v) is 2.79. The molecule has 0 bridgehead atoms. The number of aliphatic hydroxyl groups is 1. The van der Waals surface area contributed by atoms with Crippen molar-refractivity contribution in [1.82, 2.24) is 0 Å². The first-order valence-corrected chi connectivity index (χ1v) is 7.27. The first-order valence-electron chi connectivity index (χ1n) is 6.47. The minimum absolute atomic E-state index is 0.450. The van der Waals surface area contributed by atoms with E-state index in [-0.39, 0.29) is 0 Å². The summed E-state index contributed by atoms with van der Waals surface area (Å²) in [5.41, 5.74) is 5.83. The van der Waals surface area contributed by atoms with Crippen LogP contribution < -0.4 is 0 Å². The zero-order valence-corrected chi connectivity index (χ0v) is 13.2. The Hall–Kier alpha value is -1.12. The van der Waals surface area contributed by atoms with Gasteiger partial charge < -0.3 is 5.11 Å². The smallest absolute Gasteiger partial charge is 0.0833 e. The average molecular weight is 319 g/mol. The van der Waals surface area contributed by atoms with E-state index in [4.69, 9.17) is 0 Å². The van der Waals surface area contributed by atoms with Gasteiger partial charge in [0.05, 0.1) is 6.10 Å². The molecule has 2 heteroatoms. The molecule has 0 heterocycles. The molecule has 1 nitrogen and oxygen atoms in total. The molecule has 0 radical (unpaired) electrons. The van der Waals surface area contributed by atoms with Crippen molar-refractivity contribution in [3.8, 4) is 0 Å². The second-order valence-electron chi connectivity index (χ2n) is 5.14. The fraction of sp³-hybridized carbons (Fsp3) is 0.294. The number of aryl methyl sites for hydroxylation is 3. The summed E-state index contributed by atoms with van der Waals surface area (Å²) in [5, 5.41) is 10.4. The van der Waals surface area contributed by atoms with Crippen LogP contribution in [0.15, 0.2) is 40.9 Å². The lowest BCUT2D eigenvalue weighted by molar-refractivity contribution is 0.177. The van der Waals surface area contributed by atoms with Crippen molar-refractivity contribution in [1.29, 1.82) is 0 Å². The van der Waals surface area contributed by atoms with Crippen molar-refractivity contribution in [3.05, 3.63) is 68.7 Å². The molecule has 0 saturated carbocycles. The van der Waals surface area contributed by atoms with Crippen molar-refractivity contribution in [2.75, 3.05) is 0 Å². The normalized spacial score (nSPS) is 12.5. The second-order valence-corrected chi connectivity index (χ2v) is 6.06. The van der Waals surface area contributed by atoms with E-state index >= 15 is 0 Å². The summed E-state index contributed by atoms with van der Waals surface area (Å²) in [6, 6.07) is 12.3. The Morgan fingerprint density at radius 2 is 1.68 bits per heavy atom. The lowest BCUT2D eigenvalue weighted by Gasteiger charge is -2.16. The Bertz CT molecular complexity index is 590. The number of hydrogen-bond donors (Lipinski definition) is 1. The number of aliphatic hydroxyl groups excluding tert-OH is 1. The molecule has 2 rings (SSSR count). The summed E-state index contributed by atoms with van der Waals surface area (Å²) < 4.78 is 1.05. The molecule has 19 heavy (non-hydrogen) atoms. The third-order valence-electron chi connectivity index (χ3n) is 3.56. The van der Waals surface area contributed by atoms with Gasteiger partial charge in [0.15, 0.2) is 0 Å². The van der Waals surface area contributed by atoms with Crippen LogP contribution in [0.5, 0.6) is 0 Å².